The highest BCUT2D eigenvalue weighted by Crippen LogP contribution is 2.25. The number of nitrogens with zero attached hydrogens (tertiary/aromatic N) is 3. The second-order valence-corrected chi connectivity index (χ2v) is 7.09. The number of carbonyl (C=O) groups excluding carboxylic acids is 1. The Balaban J connectivity index is 1.59. The van der Waals surface area contributed by atoms with Crippen molar-refractivity contribution >= 4 is 28.5 Å². The number of hydrogen-bond acceptors (Lipinski definition) is 4. The largest absolute Gasteiger partial charge is 0.473 e. The first-order valence-electron chi connectivity index (χ1n) is 8.23. The molecule has 1 saturated heterocycles. The Morgan fingerprint density at radius 1 is 1.29 bits per heavy atom. The smallest absolute Gasteiger partial charge is 0.233 e. The number of carbonyl (C=O) groups is 1. The maximum atomic E-state index is 12.4. The summed E-state index contributed by atoms with van der Waals surface area (Å²) in [6, 6.07) is 7.72. The molecule has 0 saturated carbocycles. The minimum Gasteiger partial charge on any atom is -0.473 e. The molecule has 1 fully saturated rings. The monoisotopic (exact) mass is 347 g/mol. The van der Waals surface area contributed by atoms with Crippen LogP contribution < -0.4 is 4.74 Å². The van der Waals surface area contributed by atoms with Gasteiger partial charge >= 0.3 is 0 Å². The second kappa shape index (κ2) is 6.93. The number of para-hydroxylation sites is 2. The third kappa shape index (κ3) is 3.61. The summed E-state index contributed by atoms with van der Waals surface area (Å²) in [7, 11) is 0. The van der Waals surface area contributed by atoms with Gasteiger partial charge in [-0.15, -0.1) is 11.6 Å². The minimum absolute atomic E-state index is 0.0589. The molecule has 0 bridgehead atoms. The average Bonchev–Trinajstić information content (AvgIpc) is 2.61. The van der Waals surface area contributed by atoms with Crippen LogP contribution in [0.3, 0.4) is 0 Å². The Morgan fingerprint density at radius 2 is 1.96 bits per heavy atom. The van der Waals surface area contributed by atoms with Crippen molar-refractivity contribution in [2.24, 2.45) is 5.41 Å². The van der Waals surface area contributed by atoms with Crippen LogP contribution in [-0.4, -0.2) is 45.8 Å². The van der Waals surface area contributed by atoms with Gasteiger partial charge in [-0.2, -0.15) is 0 Å². The highest BCUT2D eigenvalue weighted by Gasteiger charge is 2.33. The fourth-order valence-electron chi connectivity index (χ4n) is 2.83. The fraction of sp³-hybridized carbons (Fsp3) is 0.500. The van der Waals surface area contributed by atoms with E-state index in [0.717, 1.165) is 23.9 Å². The average molecular weight is 348 g/mol. The van der Waals surface area contributed by atoms with E-state index >= 15 is 0 Å². The van der Waals surface area contributed by atoms with E-state index in [1.54, 1.807) is 6.20 Å². The molecule has 0 unspecified atom stereocenters. The van der Waals surface area contributed by atoms with Crippen LogP contribution in [0.1, 0.15) is 26.7 Å². The molecule has 1 aromatic heterocycles. The molecule has 3 rings (SSSR count). The zero-order chi connectivity index (χ0) is 17.2. The Bertz CT molecular complexity index is 727. The molecular formula is C18H22ClN3O2. The zero-order valence-corrected chi connectivity index (χ0v) is 14.8. The first-order chi connectivity index (χ1) is 11.5. The normalized spacial score (nSPS) is 16.4. The van der Waals surface area contributed by atoms with Crippen molar-refractivity contribution in [2.75, 3.05) is 19.0 Å². The van der Waals surface area contributed by atoms with Gasteiger partial charge < -0.3 is 9.64 Å². The number of alkyl halides is 1. The number of amides is 1. The third-order valence-corrected chi connectivity index (χ3v) is 5.02. The van der Waals surface area contributed by atoms with Crippen molar-refractivity contribution in [3.8, 4) is 5.88 Å². The number of aromatic nitrogens is 2. The van der Waals surface area contributed by atoms with Gasteiger partial charge in [-0.05, 0) is 26.0 Å². The molecule has 128 valence electrons. The van der Waals surface area contributed by atoms with Gasteiger partial charge in [0.15, 0.2) is 0 Å². The number of rotatable bonds is 4. The van der Waals surface area contributed by atoms with Gasteiger partial charge in [0, 0.05) is 31.8 Å². The first-order valence-corrected chi connectivity index (χ1v) is 8.77. The van der Waals surface area contributed by atoms with Gasteiger partial charge in [0.05, 0.1) is 22.6 Å². The summed E-state index contributed by atoms with van der Waals surface area (Å²) in [5.74, 6) is 0.982. The van der Waals surface area contributed by atoms with Crippen LogP contribution >= 0.6 is 11.6 Å². The summed E-state index contributed by atoms with van der Waals surface area (Å²) in [6.07, 6.45) is 3.30. The summed E-state index contributed by atoms with van der Waals surface area (Å²) in [4.78, 5) is 23.2. The Morgan fingerprint density at radius 3 is 2.62 bits per heavy atom. The van der Waals surface area contributed by atoms with E-state index in [1.165, 1.54) is 0 Å². The molecule has 0 aliphatic carbocycles. The van der Waals surface area contributed by atoms with Crippen LogP contribution in [0.2, 0.25) is 0 Å². The lowest BCUT2D eigenvalue weighted by Crippen LogP contribution is -2.47. The molecule has 2 aromatic rings. The lowest BCUT2D eigenvalue weighted by atomic mass is 9.93. The molecule has 0 spiro atoms. The number of ether oxygens (including phenoxy) is 1. The molecule has 0 radical (unpaired) electrons. The SMILES string of the molecule is CC(C)(CCl)C(=O)N1CCC(Oc2cnc3ccccc3n2)CC1. The Hall–Kier alpha value is -1.88. The summed E-state index contributed by atoms with van der Waals surface area (Å²) in [5, 5.41) is 0. The van der Waals surface area contributed by atoms with Crippen molar-refractivity contribution in [1.29, 1.82) is 0 Å². The minimum atomic E-state index is -0.515. The summed E-state index contributed by atoms with van der Waals surface area (Å²) >= 11 is 5.90. The topological polar surface area (TPSA) is 55.3 Å². The maximum Gasteiger partial charge on any atom is 0.233 e. The van der Waals surface area contributed by atoms with E-state index in [1.807, 2.05) is 43.0 Å². The molecule has 1 aromatic carbocycles. The van der Waals surface area contributed by atoms with E-state index in [-0.39, 0.29) is 12.0 Å². The summed E-state index contributed by atoms with van der Waals surface area (Å²) in [5.41, 5.74) is 1.17. The van der Waals surface area contributed by atoms with Gasteiger partial charge in [0.2, 0.25) is 11.8 Å². The molecule has 1 aliphatic rings. The fourth-order valence-corrected chi connectivity index (χ4v) is 2.94. The molecule has 0 atom stereocenters. The number of piperidine rings is 1. The predicted molar refractivity (Wildman–Crippen MR) is 94.3 cm³/mol. The highest BCUT2D eigenvalue weighted by molar-refractivity contribution is 6.19. The standard InChI is InChI=1S/C18H22ClN3O2/c1-18(2,12-19)17(23)22-9-7-13(8-10-22)24-16-11-20-14-5-3-4-6-15(14)21-16/h3-6,11,13H,7-10,12H2,1-2H3. The third-order valence-electron chi connectivity index (χ3n) is 4.36. The molecule has 1 amide bonds. The lowest BCUT2D eigenvalue weighted by Gasteiger charge is -2.36. The van der Waals surface area contributed by atoms with Crippen LogP contribution in [0.15, 0.2) is 30.5 Å². The van der Waals surface area contributed by atoms with Gasteiger partial charge in [-0.25, -0.2) is 9.97 Å². The van der Waals surface area contributed by atoms with Crippen LogP contribution in [0.25, 0.3) is 11.0 Å². The van der Waals surface area contributed by atoms with E-state index in [2.05, 4.69) is 9.97 Å². The van der Waals surface area contributed by atoms with E-state index < -0.39 is 5.41 Å². The molecule has 2 heterocycles. The van der Waals surface area contributed by atoms with Crippen LogP contribution in [-0.2, 0) is 4.79 Å². The molecule has 6 heteroatoms. The Kier molecular flexibility index (Phi) is 4.90. The molecule has 0 N–H and O–H groups in total. The van der Waals surface area contributed by atoms with E-state index in [9.17, 15) is 4.79 Å². The molecular weight excluding hydrogens is 326 g/mol. The summed E-state index contributed by atoms with van der Waals surface area (Å²) in [6.45, 7) is 5.14. The number of fused-ring (bicyclic) bond motifs is 1. The summed E-state index contributed by atoms with van der Waals surface area (Å²) < 4.78 is 5.97. The predicted octanol–water partition coefficient (Wildman–Crippen LogP) is 3.26. The van der Waals surface area contributed by atoms with Crippen molar-refractivity contribution < 1.29 is 9.53 Å². The van der Waals surface area contributed by atoms with Crippen molar-refractivity contribution in [3.63, 3.8) is 0 Å². The van der Waals surface area contributed by atoms with Crippen molar-refractivity contribution in [3.05, 3.63) is 30.5 Å². The van der Waals surface area contributed by atoms with Crippen molar-refractivity contribution in [2.45, 2.75) is 32.8 Å². The van der Waals surface area contributed by atoms with E-state index in [0.29, 0.717) is 24.8 Å². The molecule has 24 heavy (non-hydrogen) atoms. The molecule has 5 nitrogen and oxygen atoms in total. The zero-order valence-electron chi connectivity index (χ0n) is 14.0. The second-order valence-electron chi connectivity index (χ2n) is 6.82. The van der Waals surface area contributed by atoms with Crippen LogP contribution in [0.4, 0.5) is 0 Å². The lowest BCUT2D eigenvalue weighted by molar-refractivity contribution is -0.141. The number of hydrogen-bond donors (Lipinski definition) is 0. The van der Waals surface area contributed by atoms with E-state index in [4.69, 9.17) is 16.3 Å². The number of halogens is 1. The maximum absolute atomic E-state index is 12.4. The number of benzene rings is 1. The van der Waals surface area contributed by atoms with Gasteiger partial charge in [-0.3, -0.25) is 4.79 Å². The van der Waals surface area contributed by atoms with Crippen LogP contribution in [0, 0.1) is 5.41 Å². The highest BCUT2D eigenvalue weighted by atomic mass is 35.5. The number of likely N-dealkylation sites (tertiary alicyclic amines) is 1. The molecule has 1 aliphatic heterocycles. The van der Waals surface area contributed by atoms with Gasteiger partial charge in [0.1, 0.15) is 6.10 Å². The first kappa shape index (κ1) is 17.0. The Labute approximate surface area is 147 Å². The van der Waals surface area contributed by atoms with Crippen LogP contribution in [0.5, 0.6) is 5.88 Å². The van der Waals surface area contributed by atoms with Gasteiger partial charge in [0.25, 0.3) is 0 Å². The van der Waals surface area contributed by atoms with Gasteiger partial charge in [-0.1, -0.05) is 12.1 Å². The quantitative estimate of drug-likeness (QED) is 0.796. The van der Waals surface area contributed by atoms with Crippen molar-refractivity contribution in [1.82, 2.24) is 14.9 Å².